The van der Waals surface area contributed by atoms with Crippen molar-refractivity contribution in [2.24, 2.45) is 0 Å². The van der Waals surface area contributed by atoms with Gasteiger partial charge in [0.05, 0.1) is 6.04 Å². The van der Waals surface area contributed by atoms with Crippen LogP contribution in [-0.4, -0.2) is 33.7 Å². The molecule has 102 valence electrons. The molecule has 19 heavy (non-hydrogen) atoms. The number of hydrogen-bond donors (Lipinski definition) is 2. The van der Waals surface area contributed by atoms with E-state index < -0.39 is 0 Å². The normalized spacial score (nSPS) is 26.1. The smallest absolute Gasteiger partial charge is 0.244 e. The number of allylic oxidation sites excluding steroid dienone is 1. The molecule has 0 radical (unpaired) electrons. The molecule has 0 unspecified atom stereocenters. The number of hydrogen-bond acceptors (Lipinski definition) is 4. The molecule has 1 aliphatic carbocycles. The Bertz CT molecular complexity index is 502. The quantitative estimate of drug-likeness (QED) is 0.801. The summed E-state index contributed by atoms with van der Waals surface area (Å²) in [7, 11) is 0. The molecule has 3 rings (SSSR count). The Morgan fingerprint density at radius 3 is 3.00 bits per heavy atom. The summed E-state index contributed by atoms with van der Waals surface area (Å²) >= 11 is 0. The van der Waals surface area contributed by atoms with Crippen molar-refractivity contribution in [1.82, 2.24) is 20.5 Å². The van der Waals surface area contributed by atoms with Crippen LogP contribution in [0.4, 0.5) is 0 Å². The third-order valence-corrected chi connectivity index (χ3v) is 3.62. The van der Waals surface area contributed by atoms with E-state index in [4.69, 9.17) is 4.74 Å². The van der Waals surface area contributed by atoms with E-state index in [-0.39, 0.29) is 18.1 Å². The van der Waals surface area contributed by atoms with Gasteiger partial charge in [-0.25, -0.2) is 4.98 Å². The minimum atomic E-state index is -0.242. The summed E-state index contributed by atoms with van der Waals surface area (Å²) in [4.78, 5) is 16.2. The Labute approximate surface area is 111 Å². The fourth-order valence-corrected chi connectivity index (χ4v) is 2.41. The average molecular weight is 262 g/mol. The Hall–Kier alpha value is -1.69. The van der Waals surface area contributed by atoms with Crippen molar-refractivity contribution in [1.29, 1.82) is 0 Å². The Balaban J connectivity index is 1.64. The second-order valence-corrected chi connectivity index (χ2v) is 5.13. The first kappa shape index (κ1) is 12.3. The number of ether oxygens (including phenoxy) is 1. The van der Waals surface area contributed by atoms with Crippen LogP contribution in [0.1, 0.15) is 43.4 Å². The number of aryl methyl sites for hydroxylation is 1. The average Bonchev–Trinajstić information content (AvgIpc) is 2.92. The summed E-state index contributed by atoms with van der Waals surface area (Å²) < 4.78 is 5.63. The van der Waals surface area contributed by atoms with Gasteiger partial charge in [-0.2, -0.15) is 5.10 Å². The van der Waals surface area contributed by atoms with Crippen LogP contribution < -0.4 is 5.32 Å². The maximum Gasteiger partial charge on any atom is 0.244 e. The zero-order valence-electron chi connectivity index (χ0n) is 11.0. The fraction of sp³-hybridized carbons (Fsp3) is 0.615. The molecule has 6 heteroatoms. The van der Waals surface area contributed by atoms with Crippen molar-refractivity contribution in [3.63, 3.8) is 0 Å². The SMILES string of the molecule is Cc1nc([C@@H]2OCC[C@@H]2NC(=O)C=C2CCC2)n[nH]1. The van der Waals surface area contributed by atoms with E-state index in [2.05, 4.69) is 20.5 Å². The highest BCUT2D eigenvalue weighted by atomic mass is 16.5. The lowest BCUT2D eigenvalue weighted by molar-refractivity contribution is -0.117. The maximum absolute atomic E-state index is 11.9. The number of aromatic nitrogens is 3. The molecule has 1 aliphatic heterocycles. The highest BCUT2D eigenvalue weighted by Crippen LogP contribution is 2.27. The van der Waals surface area contributed by atoms with Crippen molar-refractivity contribution < 1.29 is 9.53 Å². The first-order chi connectivity index (χ1) is 9.22. The van der Waals surface area contributed by atoms with E-state index in [0.717, 1.165) is 25.1 Å². The fourth-order valence-electron chi connectivity index (χ4n) is 2.41. The van der Waals surface area contributed by atoms with E-state index in [1.807, 2.05) is 6.92 Å². The third-order valence-electron chi connectivity index (χ3n) is 3.62. The van der Waals surface area contributed by atoms with E-state index in [1.165, 1.54) is 12.0 Å². The van der Waals surface area contributed by atoms with Crippen LogP contribution in [0, 0.1) is 6.92 Å². The molecule has 2 N–H and O–H groups in total. The molecule has 2 heterocycles. The van der Waals surface area contributed by atoms with Crippen LogP contribution in [0.3, 0.4) is 0 Å². The van der Waals surface area contributed by atoms with Gasteiger partial charge in [-0.05, 0) is 32.6 Å². The highest BCUT2D eigenvalue weighted by Gasteiger charge is 2.33. The lowest BCUT2D eigenvalue weighted by atomic mass is 9.92. The summed E-state index contributed by atoms with van der Waals surface area (Å²) in [5.74, 6) is 1.35. The van der Waals surface area contributed by atoms with Gasteiger partial charge in [-0.15, -0.1) is 0 Å². The van der Waals surface area contributed by atoms with E-state index in [1.54, 1.807) is 6.08 Å². The largest absolute Gasteiger partial charge is 0.368 e. The van der Waals surface area contributed by atoms with Crippen molar-refractivity contribution in [3.8, 4) is 0 Å². The van der Waals surface area contributed by atoms with Gasteiger partial charge in [0.1, 0.15) is 11.9 Å². The van der Waals surface area contributed by atoms with Crippen molar-refractivity contribution in [2.45, 2.75) is 44.8 Å². The summed E-state index contributed by atoms with van der Waals surface area (Å²) in [6.07, 6.45) is 5.59. The van der Waals surface area contributed by atoms with Crippen LogP contribution in [0.2, 0.25) is 0 Å². The van der Waals surface area contributed by atoms with Crippen LogP contribution in [0.5, 0.6) is 0 Å². The number of carbonyl (C=O) groups is 1. The third kappa shape index (κ3) is 2.68. The van der Waals surface area contributed by atoms with E-state index in [9.17, 15) is 4.79 Å². The van der Waals surface area contributed by atoms with Gasteiger partial charge in [0.25, 0.3) is 0 Å². The molecule has 0 aromatic carbocycles. The molecular formula is C13H18N4O2. The molecule has 0 spiro atoms. The summed E-state index contributed by atoms with van der Waals surface area (Å²) in [6, 6.07) is -0.0420. The molecule has 2 fully saturated rings. The molecule has 1 saturated carbocycles. The van der Waals surface area contributed by atoms with E-state index in [0.29, 0.717) is 12.4 Å². The number of aromatic amines is 1. The minimum Gasteiger partial charge on any atom is -0.368 e. The monoisotopic (exact) mass is 262 g/mol. The molecular weight excluding hydrogens is 244 g/mol. The molecule has 6 nitrogen and oxygen atoms in total. The first-order valence-corrected chi connectivity index (χ1v) is 6.73. The molecule has 1 amide bonds. The van der Waals surface area contributed by atoms with Gasteiger partial charge < -0.3 is 10.1 Å². The molecule has 1 aromatic heterocycles. The predicted octanol–water partition coefficient (Wildman–Crippen LogP) is 1.17. The Kier molecular flexibility index (Phi) is 3.33. The number of H-pyrrole nitrogens is 1. The lowest BCUT2D eigenvalue weighted by Gasteiger charge is -2.19. The zero-order chi connectivity index (χ0) is 13.2. The number of rotatable bonds is 3. The number of nitrogens with one attached hydrogen (secondary N) is 2. The summed E-state index contributed by atoms with van der Waals surface area (Å²) in [6.45, 7) is 2.47. The standard InChI is InChI=1S/C13H18N4O2/c1-8-14-13(17-16-8)12-10(5-6-19-12)15-11(18)7-9-3-2-4-9/h7,10,12H,2-6H2,1H3,(H,15,18)(H,14,16,17)/t10-,12+/m0/s1. The van der Waals surface area contributed by atoms with Gasteiger partial charge in [0, 0.05) is 12.7 Å². The Morgan fingerprint density at radius 2 is 2.37 bits per heavy atom. The maximum atomic E-state index is 11.9. The van der Waals surface area contributed by atoms with Gasteiger partial charge >= 0.3 is 0 Å². The molecule has 0 bridgehead atoms. The van der Waals surface area contributed by atoms with Gasteiger partial charge in [-0.3, -0.25) is 9.89 Å². The minimum absolute atomic E-state index is 0.0255. The molecule has 1 aromatic rings. The second-order valence-electron chi connectivity index (χ2n) is 5.13. The van der Waals surface area contributed by atoms with Crippen molar-refractivity contribution in [3.05, 3.63) is 23.3 Å². The van der Waals surface area contributed by atoms with Crippen LogP contribution in [-0.2, 0) is 9.53 Å². The van der Waals surface area contributed by atoms with Gasteiger partial charge in [0.2, 0.25) is 5.91 Å². The van der Waals surface area contributed by atoms with Crippen molar-refractivity contribution in [2.75, 3.05) is 6.61 Å². The Morgan fingerprint density at radius 1 is 1.53 bits per heavy atom. The lowest BCUT2D eigenvalue weighted by Crippen LogP contribution is -2.36. The first-order valence-electron chi connectivity index (χ1n) is 6.73. The topological polar surface area (TPSA) is 79.9 Å². The van der Waals surface area contributed by atoms with Crippen molar-refractivity contribution >= 4 is 5.91 Å². The van der Waals surface area contributed by atoms with Gasteiger partial charge in [-0.1, -0.05) is 5.57 Å². The molecule has 2 atom stereocenters. The summed E-state index contributed by atoms with van der Waals surface area (Å²) in [5.41, 5.74) is 1.24. The van der Waals surface area contributed by atoms with Crippen LogP contribution in [0.15, 0.2) is 11.6 Å². The van der Waals surface area contributed by atoms with Crippen LogP contribution >= 0.6 is 0 Å². The summed E-state index contributed by atoms with van der Waals surface area (Å²) in [5, 5.41) is 9.92. The number of amides is 1. The van der Waals surface area contributed by atoms with E-state index >= 15 is 0 Å². The zero-order valence-corrected chi connectivity index (χ0v) is 11.0. The highest BCUT2D eigenvalue weighted by molar-refractivity contribution is 5.88. The second kappa shape index (κ2) is 5.13. The molecule has 2 aliphatic rings. The van der Waals surface area contributed by atoms with Crippen LogP contribution in [0.25, 0.3) is 0 Å². The number of nitrogens with zero attached hydrogens (tertiary/aromatic N) is 2. The predicted molar refractivity (Wildman–Crippen MR) is 68.3 cm³/mol. The van der Waals surface area contributed by atoms with Gasteiger partial charge in [0.15, 0.2) is 5.82 Å². The number of carbonyl (C=O) groups excluding carboxylic acids is 1. The molecule has 1 saturated heterocycles.